The van der Waals surface area contributed by atoms with Crippen molar-refractivity contribution < 1.29 is 14.6 Å². The molecule has 5 atom stereocenters. The number of ether oxygens (including phenoxy) is 1. The number of allylic oxidation sites excluding steroid dienone is 4. The molecule has 0 aliphatic heterocycles. The third kappa shape index (κ3) is 3.50. The molecule has 0 heterocycles. The summed E-state index contributed by atoms with van der Waals surface area (Å²) in [5.74, 6) is 3.75. The topological polar surface area (TPSA) is 46.5 Å². The van der Waals surface area contributed by atoms with Crippen molar-refractivity contribution in [1.29, 1.82) is 0 Å². The molecule has 3 nitrogen and oxygen atoms in total. The Kier molecular flexibility index (Phi) is 5.58. The molecule has 1 aromatic rings. The predicted molar refractivity (Wildman–Crippen MR) is 123 cm³/mol. The molecular formula is C28H36O3. The van der Waals surface area contributed by atoms with Crippen molar-refractivity contribution in [2.45, 2.75) is 70.6 Å². The summed E-state index contributed by atoms with van der Waals surface area (Å²) < 4.78 is 5.43. The summed E-state index contributed by atoms with van der Waals surface area (Å²) >= 11 is 0. The van der Waals surface area contributed by atoms with E-state index in [-0.39, 0.29) is 0 Å². The zero-order valence-electron chi connectivity index (χ0n) is 19.0. The molecule has 3 heteroatoms. The summed E-state index contributed by atoms with van der Waals surface area (Å²) in [6, 6.07) is 8.74. The van der Waals surface area contributed by atoms with Crippen LogP contribution in [0.5, 0.6) is 5.75 Å². The van der Waals surface area contributed by atoms with E-state index in [1.807, 2.05) is 6.08 Å². The first kappa shape index (κ1) is 21.0. The highest BCUT2D eigenvalue weighted by Crippen LogP contribution is 2.66. The van der Waals surface area contributed by atoms with Gasteiger partial charge in [0.25, 0.3) is 0 Å². The van der Waals surface area contributed by atoms with Gasteiger partial charge in [-0.2, -0.15) is 0 Å². The van der Waals surface area contributed by atoms with Gasteiger partial charge in [-0.15, -0.1) is 0 Å². The van der Waals surface area contributed by atoms with E-state index in [0.717, 1.165) is 37.4 Å². The lowest BCUT2D eigenvalue weighted by Gasteiger charge is -2.53. The number of aliphatic hydroxyl groups is 1. The van der Waals surface area contributed by atoms with Crippen molar-refractivity contribution >= 4 is 5.78 Å². The first-order valence-corrected chi connectivity index (χ1v) is 12.3. The van der Waals surface area contributed by atoms with E-state index < -0.39 is 0 Å². The van der Waals surface area contributed by atoms with Crippen LogP contribution in [0.1, 0.15) is 76.2 Å². The normalized spacial score (nSPS) is 34.7. The summed E-state index contributed by atoms with van der Waals surface area (Å²) in [5, 5.41) is 9.47. The van der Waals surface area contributed by atoms with Crippen LogP contribution >= 0.6 is 0 Å². The minimum absolute atomic E-state index is 0.306. The number of carbonyl (C=O) groups excluding carboxylic acids is 1. The van der Waals surface area contributed by atoms with E-state index >= 15 is 0 Å². The number of benzene rings is 1. The van der Waals surface area contributed by atoms with Gasteiger partial charge in [0, 0.05) is 18.9 Å². The predicted octanol–water partition coefficient (Wildman–Crippen LogP) is 5.98. The molecule has 1 N–H and O–H groups in total. The zero-order valence-corrected chi connectivity index (χ0v) is 19.0. The fourth-order valence-corrected chi connectivity index (χ4v) is 7.71. The molecule has 2 saturated carbocycles. The molecule has 4 aliphatic rings. The fraction of sp³-hybridized carbons (Fsp3) is 0.607. The van der Waals surface area contributed by atoms with Crippen molar-refractivity contribution in [3.05, 3.63) is 52.6 Å². The van der Waals surface area contributed by atoms with Gasteiger partial charge in [-0.3, -0.25) is 4.79 Å². The van der Waals surface area contributed by atoms with E-state index in [2.05, 4.69) is 31.2 Å². The molecule has 0 spiro atoms. The van der Waals surface area contributed by atoms with Crippen LogP contribution in [0, 0.1) is 23.2 Å². The van der Waals surface area contributed by atoms with Gasteiger partial charge in [-0.05, 0) is 109 Å². The monoisotopic (exact) mass is 420 g/mol. The largest absolute Gasteiger partial charge is 0.497 e. The van der Waals surface area contributed by atoms with E-state index in [9.17, 15) is 9.90 Å². The van der Waals surface area contributed by atoms with E-state index in [1.165, 1.54) is 42.4 Å². The van der Waals surface area contributed by atoms with Crippen molar-refractivity contribution in [3.63, 3.8) is 0 Å². The maximum Gasteiger partial charge on any atom is 0.156 e. The van der Waals surface area contributed by atoms with Crippen molar-refractivity contribution in [2.24, 2.45) is 23.2 Å². The first-order chi connectivity index (χ1) is 15.0. The second-order valence-electron chi connectivity index (χ2n) is 10.5. The van der Waals surface area contributed by atoms with Crippen LogP contribution in [0.15, 0.2) is 47.1 Å². The SMILES string of the molecule is COc1ccc([C@H]2C[C@]3(C)[C@H](CCCO)CC[C@H]3[C@@H]3CCC4=CC(=O)CCC4=C32)cc1. The first-order valence-electron chi connectivity index (χ1n) is 12.3. The Morgan fingerprint density at radius 2 is 1.90 bits per heavy atom. The van der Waals surface area contributed by atoms with Gasteiger partial charge in [-0.1, -0.05) is 24.6 Å². The second-order valence-corrected chi connectivity index (χ2v) is 10.5. The maximum absolute atomic E-state index is 12.1. The van der Waals surface area contributed by atoms with E-state index in [0.29, 0.717) is 42.0 Å². The molecule has 5 rings (SSSR count). The minimum Gasteiger partial charge on any atom is -0.497 e. The molecule has 0 amide bonds. The molecule has 2 fully saturated rings. The van der Waals surface area contributed by atoms with Crippen molar-refractivity contribution in [2.75, 3.05) is 13.7 Å². The lowest BCUT2D eigenvalue weighted by Crippen LogP contribution is -2.43. The quantitative estimate of drug-likeness (QED) is 0.637. The number of fused-ring (bicyclic) bond motifs is 4. The average molecular weight is 421 g/mol. The second kappa shape index (κ2) is 8.24. The molecule has 0 bridgehead atoms. The summed E-state index contributed by atoms with van der Waals surface area (Å²) in [6.07, 6.45) is 11.7. The zero-order chi connectivity index (χ0) is 21.6. The van der Waals surface area contributed by atoms with Crippen LogP contribution in [0.3, 0.4) is 0 Å². The maximum atomic E-state index is 12.1. The summed E-state index contributed by atoms with van der Waals surface area (Å²) in [7, 11) is 1.73. The number of hydrogen-bond donors (Lipinski definition) is 1. The molecule has 1 aromatic carbocycles. The fourth-order valence-electron chi connectivity index (χ4n) is 7.71. The van der Waals surface area contributed by atoms with Gasteiger partial charge >= 0.3 is 0 Å². The molecule has 4 aliphatic carbocycles. The number of methoxy groups -OCH3 is 1. The Morgan fingerprint density at radius 3 is 2.65 bits per heavy atom. The summed E-state index contributed by atoms with van der Waals surface area (Å²) in [4.78, 5) is 12.1. The number of rotatable bonds is 5. The molecule has 166 valence electrons. The van der Waals surface area contributed by atoms with Crippen LogP contribution in [-0.2, 0) is 4.79 Å². The Balaban J connectivity index is 1.60. The number of hydrogen-bond acceptors (Lipinski definition) is 3. The highest BCUT2D eigenvalue weighted by atomic mass is 16.5. The smallest absolute Gasteiger partial charge is 0.156 e. The molecule has 0 aromatic heterocycles. The molecular weight excluding hydrogens is 384 g/mol. The number of aliphatic hydroxyl groups excluding tert-OH is 1. The Labute approximate surface area is 186 Å². The lowest BCUT2D eigenvalue weighted by molar-refractivity contribution is -0.114. The number of carbonyl (C=O) groups is 1. The standard InChI is InChI=1S/C28H36O3/c1-28-17-25(18-5-10-22(31-2)11-6-18)27-23-13-9-21(30)16-19(23)7-12-24(27)26(28)14-8-20(28)4-3-15-29/h5-6,10-11,16,20,24-26,29H,3-4,7-9,12-15,17H2,1-2H3/t20-,24+,25-,26+,28-/m1/s1. The lowest BCUT2D eigenvalue weighted by atomic mass is 9.51. The van der Waals surface area contributed by atoms with Gasteiger partial charge in [0.1, 0.15) is 5.75 Å². The van der Waals surface area contributed by atoms with Crippen molar-refractivity contribution in [1.82, 2.24) is 0 Å². The Hall–Kier alpha value is -1.87. The van der Waals surface area contributed by atoms with Crippen LogP contribution in [-0.4, -0.2) is 24.6 Å². The van der Waals surface area contributed by atoms with E-state index in [1.54, 1.807) is 12.7 Å². The van der Waals surface area contributed by atoms with Gasteiger partial charge < -0.3 is 9.84 Å². The highest BCUT2D eigenvalue weighted by molar-refractivity contribution is 5.93. The Bertz CT molecular complexity index is 909. The van der Waals surface area contributed by atoms with Crippen LogP contribution < -0.4 is 4.74 Å². The van der Waals surface area contributed by atoms with Crippen LogP contribution in [0.4, 0.5) is 0 Å². The van der Waals surface area contributed by atoms with E-state index in [4.69, 9.17) is 4.74 Å². The molecule has 0 saturated heterocycles. The van der Waals surface area contributed by atoms with Gasteiger partial charge in [0.05, 0.1) is 7.11 Å². The van der Waals surface area contributed by atoms with Gasteiger partial charge in [0.15, 0.2) is 5.78 Å². The van der Waals surface area contributed by atoms with Crippen LogP contribution in [0.2, 0.25) is 0 Å². The average Bonchev–Trinajstić information content (AvgIpc) is 3.12. The minimum atomic E-state index is 0.306. The van der Waals surface area contributed by atoms with Crippen molar-refractivity contribution in [3.8, 4) is 5.75 Å². The molecule has 0 unspecified atom stereocenters. The Morgan fingerprint density at radius 1 is 1.10 bits per heavy atom. The highest BCUT2D eigenvalue weighted by Gasteiger charge is 2.56. The number of ketones is 1. The molecule has 31 heavy (non-hydrogen) atoms. The van der Waals surface area contributed by atoms with Gasteiger partial charge in [-0.25, -0.2) is 0 Å². The van der Waals surface area contributed by atoms with Gasteiger partial charge in [0.2, 0.25) is 0 Å². The third-order valence-corrected chi connectivity index (χ3v) is 9.16. The summed E-state index contributed by atoms with van der Waals surface area (Å²) in [6.45, 7) is 2.86. The molecule has 0 radical (unpaired) electrons. The van der Waals surface area contributed by atoms with Crippen LogP contribution in [0.25, 0.3) is 0 Å². The summed E-state index contributed by atoms with van der Waals surface area (Å²) in [5.41, 5.74) is 6.26. The third-order valence-electron chi connectivity index (χ3n) is 9.16.